The van der Waals surface area contributed by atoms with Crippen LogP contribution in [-0.2, 0) is 7.05 Å². The summed E-state index contributed by atoms with van der Waals surface area (Å²) in [5.41, 5.74) is 12.3. The molecule has 17 heavy (non-hydrogen) atoms. The Bertz CT molecular complexity index is 574. The third-order valence-corrected chi connectivity index (χ3v) is 2.52. The molecule has 1 aromatic heterocycles. The van der Waals surface area contributed by atoms with Crippen molar-refractivity contribution < 1.29 is 0 Å². The summed E-state index contributed by atoms with van der Waals surface area (Å²) in [6.45, 7) is 0. The molecule has 1 aromatic carbocycles. The van der Waals surface area contributed by atoms with E-state index in [4.69, 9.17) is 23.1 Å². The molecule has 0 spiro atoms. The second-order valence-corrected chi connectivity index (χ2v) is 3.80. The van der Waals surface area contributed by atoms with Gasteiger partial charge in [-0.15, -0.1) is 10.2 Å². The lowest BCUT2D eigenvalue weighted by Crippen LogP contribution is -1.97. The lowest BCUT2D eigenvalue weighted by Gasteiger charge is -1.95. The number of benzene rings is 1. The van der Waals surface area contributed by atoms with E-state index in [-0.39, 0.29) is 5.82 Å². The van der Waals surface area contributed by atoms with Gasteiger partial charge in [-0.25, -0.2) is 4.68 Å². The number of aryl methyl sites for hydroxylation is 1. The van der Waals surface area contributed by atoms with E-state index in [1.165, 1.54) is 4.68 Å². The summed E-state index contributed by atoms with van der Waals surface area (Å²) in [6, 6.07) is 7.10. The van der Waals surface area contributed by atoms with Gasteiger partial charge in [0.1, 0.15) is 5.69 Å². The van der Waals surface area contributed by atoms with Crippen molar-refractivity contribution in [3.8, 4) is 0 Å². The molecule has 1 heterocycles. The molecule has 2 aromatic rings. The van der Waals surface area contributed by atoms with Crippen molar-refractivity contribution in [2.75, 3.05) is 11.5 Å². The van der Waals surface area contributed by atoms with E-state index in [0.29, 0.717) is 22.2 Å². The molecule has 0 aliphatic carbocycles. The maximum absolute atomic E-state index is 5.94. The van der Waals surface area contributed by atoms with Gasteiger partial charge in [0.25, 0.3) is 0 Å². The number of azo groups is 1. The summed E-state index contributed by atoms with van der Waals surface area (Å²) in [4.78, 5) is 0. The monoisotopic (exact) mass is 250 g/mol. The first-order chi connectivity index (χ1) is 8.09. The Morgan fingerprint density at radius 1 is 1.24 bits per heavy atom. The van der Waals surface area contributed by atoms with Gasteiger partial charge in [-0.1, -0.05) is 23.7 Å². The molecule has 0 atom stereocenters. The van der Waals surface area contributed by atoms with E-state index in [0.717, 1.165) is 0 Å². The Kier molecular flexibility index (Phi) is 2.97. The minimum Gasteiger partial charge on any atom is -0.382 e. The van der Waals surface area contributed by atoms with Crippen molar-refractivity contribution in [2.24, 2.45) is 17.3 Å². The predicted octanol–water partition coefficient (Wildman–Crippen LogP) is 2.65. The standard InChI is InChI=1S/C10H11ClN6/c1-17-10(13)8(9(12)16-17)15-14-7-5-3-2-4-6(7)11/h2-5H,13H2,1H3,(H2,12,16). The van der Waals surface area contributed by atoms with Gasteiger partial charge < -0.3 is 11.5 Å². The van der Waals surface area contributed by atoms with E-state index in [2.05, 4.69) is 15.3 Å². The molecular weight excluding hydrogens is 240 g/mol. The highest BCUT2D eigenvalue weighted by Gasteiger charge is 2.10. The van der Waals surface area contributed by atoms with Crippen LogP contribution in [-0.4, -0.2) is 9.78 Å². The summed E-state index contributed by atoms with van der Waals surface area (Å²) < 4.78 is 1.44. The van der Waals surface area contributed by atoms with Gasteiger partial charge in [0.05, 0.1) is 5.02 Å². The molecule has 7 heteroatoms. The third kappa shape index (κ3) is 2.21. The van der Waals surface area contributed by atoms with Crippen molar-refractivity contribution >= 4 is 34.6 Å². The van der Waals surface area contributed by atoms with Crippen LogP contribution < -0.4 is 11.5 Å². The second-order valence-electron chi connectivity index (χ2n) is 3.39. The molecule has 88 valence electrons. The minimum atomic E-state index is 0.237. The highest BCUT2D eigenvalue weighted by molar-refractivity contribution is 6.32. The SMILES string of the molecule is Cn1nc(N)c(N=Nc2ccccc2Cl)c1N. The van der Waals surface area contributed by atoms with Gasteiger partial charge in [0.2, 0.25) is 0 Å². The van der Waals surface area contributed by atoms with E-state index < -0.39 is 0 Å². The molecule has 4 N–H and O–H groups in total. The van der Waals surface area contributed by atoms with Gasteiger partial charge >= 0.3 is 0 Å². The first kappa shape index (κ1) is 11.4. The Labute approximate surface area is 103 Å². The molecule has 0 radical (unpaired) electrons. The molecular formula is C10H11ClN6. The van der Waals surface area contributed by atoms with Crippen LogP contribution in [0.5, 0.6) is 0 Å². The number of nitrogen functional groups attached to an aromatic ring is 2. The van der Waals surface area contributed by atoms with E-state index in [9.17, 15) is 0 Å². The van der Waals surface area contributed by atoms with Crippen LogP contribution in [0.1, 0.15) is 0 Å². The minimum absolute atomic E-state index is 0.237. The Hall–Kier alpha value is -2.08. The third-order valence-electron chi connectivity index (χ3n) is 2.20. The number of aromatic nitrogens is 2. The van der Waals surface area contributed by atoms with Crippen LogP contribution in [0.4, 0.5) is 23.0 Å². The second kappa shape index (κ2) is 4.42. The zero-order valence-corrected chi connectivity index (χ0v) is 9.89. The lowest BCUT2D eigenvalue weighted by molar-refractivity contribution is 0.783. The maximum atomic E-state index is 5.94. The summed E-state index contributed by atoms with van der Waals surface area (Å²) in [5, 5.41) is 12.4. The number of rotatable bonds is 2. The van der Waals surface area contributed by atoms with E-state index >= 15 is 0 Å². The van der Waals surface area contributed by atoms with Crippen LogP contribution in [0.3, 0.4) is 0 Å². The summed E-state index contributed by atoms with van der Waals surface area (Å²) in [5.74, 6) is 0.596. The number of hydrogen-bond donors (Lipinski definition) is 2. The summed E-state index contributed by atoms with van der Waals surface area (Å²) in [6.07, 6.45) is 0. The zero-order chi connectivity index (χ0) is 12.4. The molecule has 0 fully saturated rings. The number of hydrogen-bond acceptors (Lipinski definition) is 5. The molecule has 0 bridgehead atoms. The van der Waals surface area contributed by atoms with E-state index in [1.54, 1.807) is 19.2 Å². The highest BCUT2D eigenvalue weighted by atomic mass is 35.5. The van der Waals surface area contributed by atoms with Crippen molar-refractivity contribution in [1.82, 2.24) is 9.78 Å². The first-order valence-electron chi connectivity index (χ1n) is 4.84. The largest absolute Gasteiger partial charge is 0.382 e. The Morgan fingerprint density at radius 3 is 2.53 bits per heavy atom. The predicted molar refractivity (Wildman–Crippen MR) is 67.7 cm³/mol. The fraction of sp³-hybridized carbons (Fsp3) is 0.100. The van der Waals surface area contributed by atoms with Gasteiger partial charge in [0, 0.05) is 7.05 Å². The lowest BCUT2D eigenvalue weighted by atomic mass is 10.3. The molecule has 0 amide bonds. The number of halogens is 1. The molecule has 0 aliphatic heterocycles. The van der Waals surface area contributed by atoms with Crippen LogP contribution in [0.2, 0.25) is 5.02 Å². The van der Waals surface area contributed by atoms with Crippen LogP contribution in [0.15, 0.2) is 34.5 Å². The van der Waals surface area contributed by atoms with Crippen molar-refractivity contribution in [1.29, 1.82) is 0 Å². The molecule has 0 aliphatic rings. The zero-order valence-electron chi connectivity index (χ0n) is 9.13. The number of anilines is 2. The quantitative estimate of drug-likeness (QED) is 0.802. The molecule has 2 rings (SSSR count). The number of nitrogens with two attached hydrogens (primary N) is 2. The van der Waals surface area contributed by atoms with Crippen LogP contribution in [0.25, 0.3) is 0 Å². The Balaban J connectivity index is 2.36. The fourth-order valence-corrected chi connectivity index (χ4v) is 1.46. The summed E-state index contributed by atoms with van der Waals surface area (Å²) in [7, 11) is 1.68. The first-order valence-corrected chi connectivity index (χ1v) is 5.21. The average Bonchev–Trinajstić information content (AvgIpc) is 2.53. The molecule has 6 nitrogen and oxygen atoms in total. The van der Waals surface area contributed by atoms with Gasteiger partial charge in [-0.3, -0.25) is 0 Å². The van der Waals surface area contributed by atoms with Crippen LogP contribution in [0, 0.1) is 0 Å². The molecule has 0 saturated heterocycles. The highest BCUT2D eigenvalue weighted by Crippen LogP contribution is 2.31. The van der Waals surface area contributed by atoms with Gasteiger partial charge in [-0.2, -0.15) is 5.10 Å². The smallest absolute Gasteiger partial charge is 0.175 e. The number of nitrogens with zero attached hydrogens (tertiary/aromatic N) is 4. The van der Waals surface area contributed by atoms with Gasteiger partial charge in [0.15, 0.2) is 17.3 Å². The normalized spacial score (nSPS) is 11.2. The average molecular weight is 251 g/mol. The van der Waals surface area contributed by atoms with Crippen molar-refractivity contribution in [3.05, 3.63) is 29.3 Å². The fourth-order valence-electron chi connectivity index (χ4n) is 1.29. The van der Waals surface area contributed by atoms with Crippen molar-refractivity contribution in [2.45, 2.75) is 0 Å². The Morgan fingerprint density at radius 2 is 1.94 bits per heavy atom. The topological polar surface area (TPSA) is 94.6 Å². The molecule has 0 unspecified atom stereocenters. The summed E-state index contributed by atoms with van der Waals surface area (Å²) >= 11 is 5.94. The molecule has 0 saturated carbocycles. The van der Waals surface area contributed by atoms with E-state index in [1.807, 2.05) is 12.1 Å². The van der Waals surface area contributed by atoms with Crippen molar-refractivity contribution in [3.63, 3.8) is 0 Å². The van der Waals surface area contributed by atoms with Gasteiger partial charge in [-0.05, 0) is 12.1 Å². The van der Waals surface area contributed by atoms with Crippen LogP contribution >= 0.6 is 11.6 Å². The maximum Gasteiger partial charge on any atom is 0.175 e.